The number of halogens is 3. The molecule has 4 aromatic heterocycles. The summed E-state index contributed by atoms with van der Waals surface area (Å²) < 4.78 is 39.8. The second-order valence-corrected chi connectivity index (χ2v) is 5.87. The first-order valence-electron chi connectivity index (χ1n) is 7.70. The van der Waals surface area contributed by atoms with Gasteiger partial charge in [-0.15, -0.1) is 0 Å². The Morgan fingerprint density at radius 3 is 2.48 bits per heavy atom. The van der Waals surface area contributed by atoms with Crippen LogP contribution >= 0.6 is 0 Å². The van der Waals surface area contributed by atoms with Gasteiger partial charge in [-0.1, -0.05) is 0 Å². The average molecular weight is 372 g/mol. The maximum Gasteiger partial charge on any atom is 0.417 e. The van der Waals surface area contributed by atoms with Crippen molar-refractivity contribution in [2.45, 2.75) is 6.18 Å². The molecule has 0 bridgehead atoms. The van der Waals surface area contributed by atoms with Gasteiger partial charge in [0.1, 0.15) is 11.4 Å². The number of carbonyl (C=O) groups excluding carboxylic acids is 1. The Morgan fingerprint density at radius 2 is 1.85 bits per heavy atom. The van der Waals surface area contributed by atoms with Crippen LogP contribution in [0.4, 0.5) is 13.2 Å². The zero-order valence-electron chi connectivity index (χ0n) is 13.8. The van der Waals surface area contributed by atoms with Crippen LogP contribution in [-0.2, 0) is 13.2 Å². The fraction of sp³-hybridized carbons (Fsp3) is 0.118. The third-order valence-corrected chi connectivity index (χ3v) is 4.14. The molecule has 0 unspecified atom stereocenters. The van der Waals surface area contributed by atoms with Crippen LogP contribution in [0.3, 0.4) is 0 Å². The lowest BCUT2D eigenvalue weighted by atomic mass is 10.1. The topological polar surface area (TPSA) is 99.6 Å². The number of pyridine rings is 3. The highest BCUT2D eigenvalue weighted by Gasteiger charge is 2.31. The predicted octanol–water partition coefficient (Wildman–Crippen LogP) is 2.70. The molecule has 136 valence electrons. The number of rotatable bonds is 2. The highest BCUT2D eigenvalue weighted by atomic mass is 19.4. The van der Waals surface area contributed by atoms with E-state index >= 15 is 0 Å². The van der Waals surface area contributed by atoms with Crippen molar-refractivity contribution in [3.05, 3.63) is 48.0 Å². The standard InChI is InChI=1S/C17H11F3N6O/c1-26-15-9-4-12(16(21)27)24-7-13(9)23-6-10(15)14(25-26)11-3-2-8(5-22-11)17(18,19)20/h2-7H,1H3,(H2,21,27). The van der Waals surface area contributed by atoms with E-state index in [4.69, 9.17) is 5.73 Å². The monoisotopic (exact) mass is 372 g/mol. The van der Waals surface area contributed by atoms with E-state index in [0.717, 1.165) is 12.3 Å². The fourth-order valence-corrected chi connectivity index (χ4v) is 2.88. The SMILES string of the molecule is Cn1nc(-c2ccc(C(F)(F)F)cn2)c2cnc3cnc(C(N)=O)cc3c21. The Balaban J connectivity index is 1.94. The van der Waals surface area contributed by atoms with E-state index in [-0.39, 0.29) is 11.4 Å². The average Bonchev–Trinajstić information content (AvgIpc) is 2.98. The number of alkyl halides is 3. The second-order valence-electron chi connectivity index (χ2n) is 5.87. The number of hydrogen-bond acceptors (Lipinski definition) is 5. The number of aromatic nitrogens is 5. The molecule has 0 spiro atoms. The van der Waals surface area contributed by atoms with Gasteiger partial charge in [0.05, 0.1) is 28.5 Å². The summed E-state index contributed by atoms with van der Waals surface area (Å²) in [7, 11) is 1.68. The van der Waals surface area contributed by atoms with Crippen molar-refractivity contribution in [1.29, 1.82) is 0 Å². The first-order chi connectivity index (χ1) is 12.8. The van der Waals surface area contributed by atoms with E-state index in [2.05, 4.69) is 20.1 Å². The van der Waals surface area contributed by atoms with Crippen molar-refractivity contribution >= 4 is 27.7 Å². The van der Waals surface area contributed by atoms with E-state index in [9.17, 15) is 18.0 Å². The van der Waals surface area contributed by atoms with Crippen LogP contribution in [0, 0.1) is 0 Å². The van der Waals surface area contributed by atoms with Crippen molar-refractivity contribution < 1.29 is 18.0 Å². The molecule has 27 heavy (non-hydrogen) atoms. The predicted molar refractivity (Wildman–Crippen MR) is 90.6 cm³/mol. The molecule has 0 radical (unpaired) electrons. The molecule has 4 heterocycles. The Bertz CT molecular complexity index is 1200. The number of amides is 1. The van der Waals surface area contributed by atoms with Crippen LogP contribution in [0.5, 0.6) is 0 Å². The molecule has 0 fully saturated rings. The minimum atomic E-state index is -4.46. The van der Waals surface area contributed by atoms with Gasteiger partial charge in [-0.2, -0.15) is 18.3 Å². The Morgan fingerprint density at radius 1 is 1.07 bits per heavy atom. The highest BCUT2D eigenvalue weighted by molar-refractivity contribution is 6.09. The van der Waals surface area contributed by atoms with Gasteiger partial charge in [0, 0.05) is 30.2 Å². The lowest BCUT2D eigenvalue weighted by Gasteiger charge is -2.06. The molecule has 0 aliphatic heterocycles. The molecule has 4 aromatic rings. The number of hydrogen-bond donors (Lipinski definition) is 1. The molecule has 0 aliphatic rings. The first-order valence-corrected chi connectivity index (χ1v) is 7.70. The van der Waals surface area contributed by atoms with Crippen LogP contribution < -0.4 is 5.73 Å². The Hall–Kier alpha value is -3.56. The summed E-state index contributed by atoms with van der Waals surface area (Å²) in [6.07, 6.45) is -0.726. The molecule has 0 atom stereocenters. The van der Waals surface area contributed by atoms with Gasteiger partial charge < -0.3 is 5.73 Å². The van der Waals surface area contributed by atoms with Crippen molar-refractivity contribution in [2.75, 3.05) is 0 Å². The first kappa shape index (κ1) is 16.9. The molecule has 7 nitrogen and oxygen atoms in total. The third-order valence-electron chi connectivity index (χ3n) is 4.14. The van der Waals surface area contributed by atoms with Gasteiger partial charge in [-0.3, -0.25) is 19.4 Å². The minimum Gasteiger partial charge on any atom is -0.364 e. The van der Waals surface area contributed by atoms with Gasteiger partial charge in [0.15, 0.2) is 0 Å². The van der Waals surface area contributed by atoms with Crippen molar-refractivity contribution in [3.63, 3.8) is 0 Å². The van der Waals surface area contributed by atoms with Gasteiger partial charge in [-0.05, 0) is 18.2 Å². The van der Waals surface area contributed by atoms with Gasteiger partial charge in [-0.25, -0.2) is 4.98 Å². The van der Waals surface area contributed by atoms with E-state index in [1.165, 1.54) is 18.3 Å². The summed E-state index contributed by atoms with van der Waals surface area (Å²) in [6.45, 7) is 0. The quantitative estimate of drug-likeness (QED) is 0.583. The number of aryl methyl sites for hydroxylation is 1. The Labute approximate surface area is 149 Å². The molecule has 0 saturated heterocycles. The summed E-state index contributed by atoms with van der Waals surface area (Å²) in [4.78, 5) is 23.6. The lowest BCUT2D eigenvalue weighted by molar-refractivity contribution is -0.137. The fourth-order valence-electron chi connectivity index (χ4n) is 2.88. The smallest absolute Gasteiger partial charge is 0.364 e. The zero-order valence-corrected chi connectivity index (χ0v) is 13.8. The molecular formula is C17H11F3N6O. The molecule has 1 amide bonds. The van der Waals surface area contributed by atoms with Crippen LogP contribution in [-0.4, -0.2) is 30.6 Å². The van der Waals surface area contributed by atoms with Crippen LogP contribution in [0.1, 0.15) is 16.1 Å². The van der Waals surface area contributed by atoms with E-state index in [1.807, 2.05) is 0 Å². The molecule has 0 aliphatic carbocycles. The molecule has 10 heteroatoms. The second kappa shape index (κ2) is 5.73. The van der Waals surface area contributed by atoms with Crippen molar-refractivity contribution in [2.24, 2.45) is 12.8 Å². The summed E-state index contributed by atoms with van der Waals surface area (Å²) in [6, 6.07) is 3.72. The molecule has 0 aromatic carbocycles. The third kappa shape index (κ3) is 2.75. The molecule has 0 saturated carbocycles. The maximum atomic E-state index is 12.7. The molecule has 4 rings (SSSR count). The van der Waals surface area contributed by atoms with E-state index in [1.54, 1.807) is 17.9 Å². The van der Waals surface area contributed by atoms with Crippen LogP contribution in [0.15, 0.2) is 36.8 Å². The normalized spacial score (nSPS) is 12.0. The van der Waals surface area contributed by atoms with E-state index in [0.29, 0.717) is 27.5 Å². The number of carbonyl (C=O) groups is 1. The zero-order chi connectivity index (χ0) is 19.3. The van der Waals surface area contributed by atoms with Crippen molar-refractivity contribution in [3.8, 4) is 11.4 Å². The van der Waals surface area contributed by atoms with Gasteiger partial charge in [0.2, 0.25) is 0 Å². The van der Waals surface area contributed by atoms with Crippen molar-refractivity contribution in [1.82, 2.24) is 24.7 Å². The summed E-state index contributed by atoms with van der Waals surface area (Å²) in [5.74, 6) is -0.680. The van der Waals surface area contributed by atoms with E-state index < -0.39 is 17.6 Å². The molecule has 2 N–H and O–H groups in total. The van der Waals surface area contributed by atoms with Crippen LogP contribution in [0.2, 0.25) is 0 Å². The number of nitrogens with zero attached hydrogens (tertiary/aromatic N) is 5. The summed E-state index contributed by atoms with van der Waals surface area (Å²) >= 11 is 0. The number of nitrogens with two attached hydrogens (primary N) is 1. The van der Waals surface area contributed by atoms with Gasteiger partial charge >= 0.3 is 6.18 Å². The highest BCUT2D eigenvalue weighted by Crippen LogP contribution is 2.33. The Kier molecular flexibility index (Phi) is 3.58. The number of primary amides is 1. The molecular weight excluding hydrogens is 361 g/mol. The largest absolute Gasteiger partial charge is 0.417 e. The summed E-state index contributed by atoms with van der Waals surface area (Å²) in [5.41, 5.74) is 6.35. The van der Waals surface area contributed by atoms with Crippen LogP contribution in [0.25, 0.3) is 33.2 Å². The minimum absolute atomic E-state index is 0.0761. The summed E-state index contributed by atoms with van der Waals surface area (Å²) in [5, 5.41) is 5.56. The lowest BCUT2D eigenvalue weighted by Crippen LogP contribution is -2.12. The van der Waals surface area contributed by atoms with Gasteiger partial charge in [0.25, 0.3) is 5.91 Å². The number of fused-ring (bicyclic) bond motifs is 3. The maximum absolute atomic E-state index is 12.7.